The van der Waals surface area contributed by atoms with Crippen molar-refractivity contribution in [1.29, 1.82) is 0 Å². The van der Waals surface area contributed by atoms with Crippen molar-refractivity contribution < 1.29 is 34.5 Å². The molecule has 1 aromatic rings. The second-order valence-corrected chi connectivity index (χ2v) is 9.09. The normalized spacial score (nSPS) is 24.3. The summed E-state index contributed by atoms with van der Waals surface area (Å²) in [5, 5.41) is 34.5. The predicted molar refractivity (Wildman–Crippen MR) is 103 cm³/mol. The van der Waals surface area contributed by atoms with E-state index in [-0.39, 0.29) is 29.0 Å². The van der Waals surface area contributed by atoms with Crippen LogP contribution in [-0.2, 0) is 19.2 Å². The van der Waals surface area contributed by atoms with Gasteiger partial charge in [-0.2, -0.15) is 0 Å². The first kappa shape index (κ1) is 21.3. The van der Waals surface area contributed by atoms with Crippen molar-refractivity contribution in [1.82, 2.24) is 15.2 Å². The van der Waals surface area contributed by atoms with Gasteiger partial charge in [0.15, 0.2) is 17.1 Å². The first-order valence-electron chi connectivity index (χ1n) is 8.35. The van der Waals surface area contributed by atoms with Gasteiger partial charge in [-0.05, 0) is 13.8 Å². The van der Waals surface area contributed by atoms with Gasteiger partial charge in [-0.1, -0.05) is 5.16 Å². The number of oxime groups is 1. The van der Waals surface area contributed by atoms with Crippen LogP contribution in [0.4, 0.5) is 5.13 Å². The molecule has 2 saturated heterocycles. The number of β-lactam (4-membered cyclic amide) rings is 1. The molecular formula is C15H19N5O7S2. The van der Waals surface area contributed by atoms with Gasteiger partial charge in [0, 0.05) is 11.9 Å². The van der Waals surface area contributed by atoms with Crippen LogP contribution < -0.4 is 11.1 Å². The van der Waals surface area contributed by atoms with E-state index in [9.17, 15) is 24.6 Å². The average Bonchev–Trinajstić information content (AvgIpc) is 3.24. The zero-order valence-electron chi connectivity index (χ0n) is 15.3. The maximum atomic E-state index is 12.8. The highest BCUT2D eigenvalue weighted by atomic mass is 32.2. The standard InChI is InChI=1S/C15H19N5O7S2/c1-15(2,13(25)26)27-19-7(5-4-28-14(16)17-5)9(21)18-8-10(22)20-3-6(12(23)24)29-11(8)20/h4,6,8,11-12,23-24H,3H2,1-2H3,(H2,16,17)(H,18,21)(H,25,26)/b19-7-/t6?,8?,11-/m1/s1. The van der Waals surface area contributed by atoms with Gasteiger partial charge in [-0.25, -0.2) is 9.78 Å². The monoisotopic (exact) mass is 445 g/mol. The van der Waals surface area contributed by atoms with E-state index in [1.54, 1.807) is 0 Å². The number of thioether (sulfide) groups is 1. The van der Waals surface area contributed by atoms with Crippen LogP contribution in [-0.4, -0.2) is 83.8 Å². The maximum Gasteiger partial charge on any atom is 0.350 e. The topological polar surface area (TPSA) is 188 Å². The van der Waals surface area contributed by atoms with Crippen LogP contribution in [0.2, 0.25) is 0 Å². The number of aliphatic hydroxyl groups excluding tert-OH is 1. The van der Waals surface area contributed by atoms with Crippen molar-refractivity contribution in [2.45, 2.75) is 42.4 Å². The van der Waals surface area contributed by atoms with Gasteiger partial charge < -0.3 is 36.1 Å². The summed E-state index contributed by atoms with van der Waals surface area (Å²) in [7, 11) is 0. The largest absolute Gasteiger partial charge is 0.478 e. The molecular weight excluding hydrogens is 426 g/mol. The minimum Gasteiger partial charge on any atom is -0.478 e. The number of aromatic nitrogens is 1. The summed E-state index contributed by atoms with van der Waals surface area (Å²) in [4.78, 5) is 46.7. The molecule has 1 aromatic heterocycles. The van der Waals surface area contributed by atoms with Crippen LogP contribution in [0.3, 0.4) is 0 Å². The number of carbonyl (C=O) groups excluding carboxylic acids is 2. The second-order valence-electron chi connectivity index (χ2n) is 6.84. The first-order valence-corrected chi connectivity index (χ1v) is 10.2. The molecule has 3 heterocycles. The molecule has 0 aromatic carbocycles. The van der Waals surface area contributed by atoms with Gasteiger partial charge in [-0.3, -0.25) is 9.59 Å². The lowest BCUT2D eigenvalue weighted by atomic mass is 10.1. The van der Waals surface area contributed by atoms with Crippen LogP contribution >= 0.6 is 23.1 Å². The number of aliphatic hydroxyl groups is 2. The molecule has 29 heavy (non-hydrogen) atoms. The Balaban J connectivity index is 1.77. The molecule has 0 saturated carbocycles. The number of amides is 2. The quantitative estimate of drug-likeness (QED) is 0.141. The summed E-state index contributed by atoms with van der Waals surface area (Å²) in [5.74, 6) is -2.47. The summed E-state index contributed by atoms with van der Waals surface area (Å²) >= 11 is 2.21. The Morgan fingerprint density at radius 1 is 1.48 bits per heavy atom. The molecule has 0 aliphatic carbocycles. The van der Waals surface area contributed by atoms with Crippen LogP contribution in [0.1, 0.15) is 19.5 Å². The Morgan fingerprint density at radius 2 is 2.17 bits per heavy atom. The highest BCUT2D eigenvalue weighted by Gasteiger charge is 2.55. The molecule has 2 unspecified atom stereocenters. The number of fused-ring (bicyclic) bond motifs is 1. The van der Waals surface area contributed by atoms with Crippen molar-refractivity contribution in [3.63, 3.8) is 0 Å². The summed E-state index contributed by atoms with van der Waals surface area (Å²) in [6.07, 6.45) is -1.59. The fourth-order valence-corrected chi connectivity index (χ4v) is 4.56. The minimum atomic E-state index is -1.71. The predicted octanol–water partition coefficient (Wildman–Crippen LogP) is -1.61. The summed E-state index contributed by atoms with van der Waals surface area (Å²) in [6.45, 7) is 2.68. The lowest BCUT2D eigenvalue weighted by Crippen LogP contribution is -2.67. The molecule has 0 spiro atoms. The molecule has 2 fully saturated rings. The fraction of sp³-hybridized carbons (Fsp3) is 0.533. The third-order valence-electron chi connectivity index (χ3n) is 4.31. The van der Waals surface area contributed by atoms with E-state index in [1.807, 2.05) is 0 Å². The number of hydrogen-bond donors (Lipinski definition) is 5. The van der Waals surface area contributed by atoms with Crippen molar-refractivity contribution in [2.75, 3.05) is 12.3 Å². The van der Waals surface area contributed by atoms with E-state index in [0.717, 1.165) is 23.1 Å². The number of aliphatic carboxylic acids is 1. The van der Waals surface area contributed by atoms with Gasteiger partial charge in [-0.15, -0.1) is 23.1 Å². The number of nitrogen functional groups attached to an aromatic ring is 1. The van der Waals surface area contributed by atoms with E-state index in [0.29, 0.717) is 0 Å². The Morgan fingerprint density at radius 3 is 2.72 bits per heavy atom. The van der Waals surface area contributed by atoms with Gasteiger partial charge in [0.05, 0.1) is 5.25 Å². The second kappa shape index (κ2) is 7.78. The Hall–Kier alpha value is -2.42. The lowest BCUT2D eigenvalue weighted by molar-refractivity contribution is -0.161. The first-order chi connectivity index (χ1) is 13.5. The zero-order chi connectivity index (χ0) is 21.5. The lowest BCUT2D eigenvalue weighted by Gasteiger charge is -2.41. The third kappa shape index (κ3) is 4.14. The van der Waals surface area contributed by atoms with Gasteiger partial charge in [0.1, 0.15) is 17.1 Å². The molecule has 2 aliphatic heterocycles. The van der Waals surface area contributed by atoms with Gasteiger partial charge >= 0.3 is 5.97 Å². The van der Waals surface area contributed by atoms with Gasteiger partial charge in [0.25, 0.3) is 5.91 Å². The van der Waals surface area contributed by atoms with Crippen LogP contribution in [0.15, 0.2) is 10.5 Å². The molecule has 6 N–H and O–H groups in total. The molecule has 14 heteroatoms. The van der Waals surface area contributed by atoms with Crippen molar-refractivity contribution in [2.24, 2.45) is 5.16 Å². The van der Waals surface area contributed by atoms with E-state index in [1.165, 1.54) is 24.1 Å². The fourth-order valence-electron chi connectivity index (χ4n) is 2.59. The highest BCUT2D eigenvalue weighted by Crippen LogP contribution is 2.41. The highest BCUT2D eigenvalue weighted by molar-refractivity contribution is 8.01. The van der Waals surface area contributed by atoms with Crippen LogP contribution in [0.25, 0.3) is 0 Å². The minimum absolute atomic E-state index is 0.0672. The number of nitrogens with two attached hydrogens (primary N) is 1. The number of nitrogens with one attached hydrogen (secondary N) is 1. The van der Waals surface area contributed by atoms with E-state index in [2.05, 4.69) is 15.5 Å². The number of anilines is 1. The molecule has 0 bridgehead atoms. The average molecular weight is 445 g/mol. The van der Waals surface area contributed by atoms with E-state index >= 15 is 0 Å². The number of nitrogens with zero attached hydrogens (tertiary/aromatic N) is 3. The summed E-state index contributed by atoms with van der Waals surface area (Å²) in [5.41, 5.74) is 3.62. The molecule has 2 amide bonds. The van der Waals surface area contributed by atoms with Crippen LogP contribution in [0, 0.1) is 0 Å². The molecule has 158 valence electrons. The Labute approximate surface area is 172 Å². The molecule has 3 atom stereocenters. The summed E-state index contributed by atoms with van der Waals surface area (Å²) in [6, 6.07) is -0.898. The Bertz CT molecular complexity index is 871. The molecule has 2 aliphatic rings. The van der Waals surface area contributed by atoms with Crippen molar-refractivity contribution in [3.8, 4) is 0 Å². The number of carbonyl (C=O) groups is 3. The van der Waals surface area contributed by atoms with Crippen LogP contribution in [0.5, 0.6) is 0 Å². The number of thiazole rings is 1. The number of rotatable bonds is 7. The maximum absolute atomic E-state index is 12.8. The van der Waals surface area contributed by atoms with Gasteiger partial charge in [0.2, 0.25) is 11.5 Å². The van der Waals surface area contributed by atoms with Crippen molar-refractivity contribution >= 4 is 51.7 Å². The molecule has 0 radical (unpaired) electrons. The van der Waals surface area contributed by atoms with Crippen molar-refractivity contribution in [3.05, 3.63) is 11.1 Å². The number of carboxylic acids is 1. The smallest absolute Gasteiger partial charge is 0.350 e. The van der Waals surface area contributed by atoms with E-state index in [4.69, 9.17) is 15.7 Å². The molecule has 12 nitrogen and oxygen atoms in total. The number of carboxylic acid groups (broad SMARTS) is 1. The summed E-state index contributed by atoms with van der Waals surface area (Å²) < 4.78 is 0. The third-order valence-corrected chi connectivity index (χ3v) is 6.53. The SMILES string of the molecule is CC(C)(O/N=C(\C(=O)NC1C(=O)N2CC(C(O)O)S[C@H]12)c1csc(N)n1)C(=O)O. The Kier molecular flexibility index (Phi) is 5.71. The zero-order valence-corrected chi connectivity index (χ0v) is 16.9. The number of hydrogen-bond acceptors (Lipinski definition) is 11. The van der Waals surface area contributed by atoms with E-state index < -0.39 is 40.4 Å². The molecule has 3 rings (SSSR count).